The molecule has 3 heteroatoms. The molecular formula is C25H45NO2. The van der Waals surface area contributed by atoms with Crippen LogP contribution in [0.5, 0.6) is 0 Å². The van der Waals surface area contributed by atoms with Crippen molar-refractivity contribution in [1.29, 1.82) is 0 Å². The molecule has 1 unspecified atom stereocenters. The zero-order chi connectivity index (χ0) is 20.4. The average Bonchev–Trinajstić information content (AvgIpc) is 2.88. The standard InChI is InChI=1S/C25H45NO2/c1-6-7-18-8-12-20(13-9-18)21-14-10-19(11-15-21)17-28-23(27)22-16-24(2,3)26-25(22,4)5/h18-22,26H,6-17H2,1-5H3. The molecule has 0 radical (unpaired) electrons. The predicted octanol–water partition coefficient (Wildman–Crippen LogP) is 6.11. The third kappa shape index (κ3) is 5.52. The Morgan fingerprint density at radius 3 is 1.89 bits per heavy atom. The van der Waals surface area contributed by atoms with Crippen LogP contribution in [0, 0.1) is 29.6 Å². The SMILES string of the molecule is CCCC1CCC(C2CCC(COC(=O)C3CC(C)(C)NC3(C)C)CC2)CC1. The molecule has 3 aliphatic rings. The summed E-state index contributed by atoms with van der Waals surface area (Å²) in [6, 6.07) is 0. The fourth-order valence-corrected chi connectivity index (χ4v) is 6.64. The fourth-order valence-electron chi connectivity index (χ4n) is 6.64. The second-order valence-electron chi connectivity index (χ2n) is 11.5. The van der Waals surface area contributed by atoms with Crippen LogP contribution >= 0.6 is 0 Å². The topological polar surface area (TPSA) is 38.3 Å². The number of carbonyl (C=O) groups is 1. The van der Waals surface area contributed by atoms with Crippen LogP contribution in [0.2, 0.25) is 0 Å². The zero-order valence-corrected chi connectivity index (χ0v) is 19.2. The smallest absolute Gasteiger partial charge is 0.310 e. The van der Waals surface area contributed by atoms with Crippen molar-refractivity contribution in [2.24, 2.45) is 29.6 Å². The largest absolute Gasteiger partial charge is 0.465 e. The van der Waals surface area contributed by atoms with Crippen LogP contribution in [-0.4, -0.2) is 23.7 Å². The summed E-state index contributed by atoms with van der Waals surface area (Å²) in [6.45, 7) is 11.6. The van der Waals surface area contributed by atoms with Crippen LogP contribution in [0.1, 0.15) is 105 Å². The minimum Gasteiger partial charge on any atom is -0.465 e. The van der Waals surface area contributed by atoms with Gasteiger partial charge in [-0.15, -0.1) is 0 Å². The normalized spacial score (nSPS) is 37.5. The first-order valence-electron chi connectivity index (χ1n) is 12.2. The van der Waals surface area contributed by atoms with Gasteiger partial charge in [-0.25, -0.2) is 0 Å². The molecule has 0 aromatic heterocycles. The van der Waals surface area contributed by atoms with Gasteiger partial charge >= 0.3 is 5.97 Å². The van der Waals surface area contributed by atoms with Gasteiger partial charge in [0.15, 0.2) is 0 Å². The van der Waals surface area contributed by atoms with Crippen molar-refractivity contribution in [3.63, 3.8) is 0 Å². The molecule has 1 heterocycles. The van der Waals surface area contributed by atoms with Crippen molar-refractivity contribution in [2.45, 2.75) is 116 Å². The van der Waals surface area contributed by atoms with Gasteiger partial charge in [0.1, 0.15) is 0 Å². The molecule has 1 saturated heterocycles. The highest BCUT2D eigenvalue weighted by Crippen LogP contribution is 2.42. The molecule has 0 aromatic carbocycles. The quantitative estimate of drug-likeness (QED) is 0.555. The van der Waals surface area contributed by atoms with E-state index in [1.54, 1.807) is 0 Å². The zero-order valence-electron chi connectivity index (χ0n) is 19.2. The maximum absolute atomic E-state index is 12.7. The number of nitrogens with one attached hydrogen (secondary N) is 1. The lowest BCUT2D eigenvalue weighted by Gasteiger charge is -2.38. The Hall–Kier alpha value is -0.570. The van der Waals surface area contributed by atoms with Crippen molar-refractivity contribution in [2.75, 3.05) is 6.61 Å². The fraction of sp³-hybridized carbons (Fsp3) is 0.960. The van der Waals surface area contributed by atoms with E-state index in [9.17, 15) is 4.79 Å². The van der Waals surface area contributed by atoms with Crippen LogP contribution in [0.4, 0.5) is 0 Å². The Morgan fingerprint density at radius 1 is 0.893 bits per heavy atom. The summed E-state index contributed by atoms with van der Waals surface area (Å²) in [5, 5.41) is 3.59. The van der Waals surface area contributed by atoms with E-state index in [4.69, 9.17) is 4.74 Å². The average molecular weight is 392 g/mol. The molecule has 1 atom stereocenters. The van der Waals surface area contributed by atoms with Gasteiger partial charge in [0, 0.05) is 11.1 Å². The molecule has 0 aromatic rings. The maximum Gasteiger partial charge on any atom is 0.310 e. The highest BCUT2D eigenvalue weighted by molar-refractivity contribution is 5.74. The number of hydrogen-bond donors (Lipinski definition) is 1. The molecule has 3 nitrogen and oxygen atoms in total. The molecule has 28 heavy (non-hydrogen) atoms. The number of carbonyl (C=O) groups excluding carboxylic acids is 1. The van der Waals surface area contributed by atoms with E-state index in [2.05, 4.69) is 39.9 Å². The van der Waals surface area contributed by atoms with Crippen LogP contribution in [-0.2, 0) is 9.53 Å². The molecule has 2 aliphatic carbocycles. The summed E-state index contributed by atoms with van der Waals surface area (Å²) in [4.78, 5) is 12.7. The Balaban J connectivity index is 1.38. The number of hydrogen-bond acceptors (Lipinski definition) is 3. The van der Waals surface area contributed by atoms with Gasteiger partial charge in [-0.3, -0.25) is 4.79 Å². The summed E-state index contributed by atoms with van der Waals surface area (Å²) in [6.07, 6.45) is 14.8. The van der Waals surface area contributed by atoms with Crippen molar-refractivity contribution in [1.82, 2.24) is 5.32 Å². The van der Waals surface area contributed by atoms with E-state index in [1.807, 2.05) is 0 Å². The number of ether oxygens (including phenoxy) is 1. The summed E-state index contributed by atoms with van der Waals surface area (Å²) in [5.41, 5.74) is -0.157. The lowest BCUT2D eigenvalue weighted by atomic mass is 9.69. The predicted molar refractivity (Wildman–Crippen MR) is 116 cm³/mol. The Morgan fingerprint density at radius 2 is 1.43 bits per heavy atom. The van der Waals surface area contributed by atoms with Crippen LogP contribution < -0.4 is 5.32 Å². The summed E-state index contributed by atoms with van der Waals surface area (Å²) >= 11 is 0. The van der Waals surface area contributed by atoms with E-state index >= 15 is 0 Å². The third-order valence-corrected chi connectivity index (χ3v) is 8.14. The summed E-state index contributed by atoms with van der Waals surface area (Å²) < 4.78 is 5.84. The first-order chi connectivity index (χ1) is 13.2. The number of esters is 1. The van der Waals surface area contributed by atoms with Crippen molar-refractivity contribution >= 4 is 5.97 Å². The van der Waals surface area contributed by atoms with Gasteiger partial charge in [-0.05, 0) is 96.3 Å². The number of rotatable bonds is 6. The van der Waals surface area contributed by atoms with E-state index < -0.39 is 0 Å². The van der Waals surface area contributed by atoms with Crippen molar-refractivity contribution in [3.8, 4) is 0 Å². The minimum absolute atomic E-state index is 0.0134. The Labute approximate surface area is 173 Å². The molecule has 162 valence electrons. The monoisotopic (exact) mass is 391 g/mol. The van der Waals surface area contributed by atoms with E-state index in [1.165, 1.54) is 64.2 Å². The van der Waals surface area contributed by atoms with Crippen molar-refractivity contribution in [3.05, 3.63) is 0 Å². The second kappa shape index (κ2) is 9.06. The molecular weight excluding hydrogens is 346 g/mol. The minimum atomic E-state index is -0.172. The van der Waals surface area contributed by atoms with Gasteiger partial charge < -0.3 is 10.1 Å². The molecule has 0 spiro atoms. The van der Waals surface area contributed by atoms with Crippen LogP contribution in [0.15, 0.2) is 0 Å². The lowest BCUT2D eigenvalue weighted by molar-refractivity contribution is -0.152. The van der Waals surface area contributed by atoms with E-state index in [0.717, 1.165) is 24.2 Å². The first kappa shape index (κ1) is 22.1. The highest BCUT2D eigenvalue weighted by Gasteiger charge is 2.48. The lowest BCUT2D eigenvalue weighted by Crippen LogP contribution is -2.46. The maximum atomic E-state index is 12.7. The van der Waals surface area contributed by atoms with Gasteiger partial charge in [0.05, 0.1) is 12.5 Å². The highest BCUT2D eigenvalue weighted by atomic mass is 16.5. The van der Waals surface area contributed by atoms with Crippen molar-refractivity contribution < 1.29 is 9.53 Å². The molecule has 0 amide bonds. The summed E-state index contributed by atoms with van der Waals surface area (Å²) in [5.74, 6) is 3.49. The second-order valence-corrected chi connectivity index (χ2v) is 11.5. The molecule has 2 saturated carbocycles. The molecule has 1 N–H and O–H groups in total. The molecule has 1 aliphatic heterocycles. The Bertz CT molecular complexity index is 511. The first-order valence-corrected chi connectivity index (χ1v) is 12.2. The van der Waals surface area contributed by atoms with Crippen LogP contribution in [0.25, 0.3) is 0 Å². The van der Waals surface area contributed by atoms with Gasteiger partial charge in [-0.2, -0.15) is 0 Å². The van der Waals surface area contributed by atoms with Gasteiger partial charge in [-0.1, -0.05) is 32.6 Å². The van der Waals surface area contributed by atoms with E-state index in [0.29, 0.717) is 12.5 Å². The van der Waals surface area contributed by atoms with Gasteiger partial charge in [0.25, 0.3) is 0 Å². The summed E-state index contributed by atoms with van der Waals surface area (Å²) in [7, 11) is 0. The Kier molecular flexibility index (Phi) is 7.16. The van der Waals surface area contributed by atoms with Gasteiger partial charge in [0.2, 0.25) is 0 Å². The molecule has 0 bridgehead atoms. The van der Waals surface area contributed by atoms with Crippen LogP contribution in [0.3, 0.4) is 0 Å². The molecule has 3 fully saturated rings. The molecule has 3 rings (SSSR count). The van der Waals surface area contributed by atoms with E-state index in [-0.39, 0.29) is 23.0 Å². The third-order valence-electron chi connectivity index (χ3n) is 8.14.